The summed E-state index contributed by atoms with van der Waals surface area (Å²) in [4.78, 5) is 25.7. The Labute approximate surface area is 109 Å². The third-order valence-electron chi connectivity index (χ3n) is 4.12. The molecule has 1 rings (SSSR count). The lowest BCUT2D eigenvalue weighted by molar-refractivity contribution is -0.138. The average molecular weight is 255 g/mol. The standard InChI is InChI=1S/C13H25N3O2/c1-5-16(4)11(17)9(2)15-12(18)13(3)8-6-7-10(13)14/h9-10H,5-8,14H2,1-4H3,(H,15,18). The first kappa shape index (κ1) is 15.0. The van der Waals surface area contributed by atoms with Crippen molar-refractivity contribution in [3.8, 4) is 0 Å². The molecule has 0 aromatic heterocycles. The lowest BCUT2D eigenvalue weighted by Gasteiger charge is -2.30. The smallest absolute Gasteiger partial charge is 0.244 e. The Morgan fingerprint density at radius 3 is 2.61 bits per heavy atom. The van der Waals surface area contributed by atoms with Gasteiger partial charge in [-0.2, -0.15) is 0 Å². The fourth-order valence-corrected chi connectivity index (χ4v) is 2.38. The van der Waals surface area contributed by atoms with Gasteiger partial charge in [0.25, 0.3) is 0 Å². The summed E-state index contributed by atoms with van der Waals surface area (Å²) in [5.74, 6) is -0.168. The van der Waals surface area contributed by atoms with E-state index in [1.165, 1.54) is 0 Å². The van der Waals surface area contributed by atoms with Gasteiger partial charge in [0.1, 0.15) is 6.04 Å². The van der Waals surface area contributed by atoms with Crippen molar-refractivity contribution in [3.63, 3.8) is 0 Å². The lowest BCUT2D eigenvalue weighted by Crippen LogP contribution is -2.53. The van der Waals surface area contributed by atoms with Crippen LogP contribution < -0.4 is 11.1 Å². The van der Waals surface area contributed by atoms with E-state index < -0.39 is 11.5 Å². The molecule has 0 aliphatic heterocycles. The molecular formula is C13H25N3O2. The van der Waals surface area contributed by atoms with Gasteiger partial charge < -0.3 is 16.0 Å². The predicted octanol–water partition coefficient (Wildman–Crippen LogP) is 0.487. The molecule has 0 bridgehead atoms. The highest BCUT2D eigenvalue weighted by atomic mass is 16.2. The van der Waals surface area contributed by atoms with E-state index in [-0.39, 0.29) is 17.9 Å². The molecule has 0 aromatic rings. The molecule has 1 fully saturated rings. The van der Waals surface area contributed by atoms with Crippen molar-refractivity contribution in [2.75, 3.05) is 13.6 Å². The quantitative estimate of drug-likeness (QED) is 0.767. The van der Waals surface area contributed by atoms with Crippen LogP contribution in [-0.2, 0) is 9.59 Å². The molecule has 18 heavy (non-hydrogen) atoms. The normalized spacial score (nSPS) is 28.8. The molecule has 1 aliphatic rings. The van der Waals surface area contributed by atoms with Gasteiger partial charge in [0.2, 0.25) is 11.8 Å². The van der Waals surface area contributed by atoms with Crippen molar-refractivity contribution >= 4 is 11.8 Å². The minimum atomic E-state index is -0.528. The fourth-order valence-electron chi connectivity index (χ4n) is 2.38. The molecule has 1 aliphatic carbocycles. The van der Waals surface area contributed by atoms with Crippen LogP contribution in [-0.4, -0.2) is 42.4 Å². The summed E-state index contributed by atoms with van der Waals surface area (Å²) >= 11 is 0. The molecular weight excluding hydrogens is 230 g/mol. The molecule has 5 nitrogen and oxygen atoms in total. The number of hydrogen-bond acceptors (Lipinski definition) is 3. The second-order valence-electron chi connectivity index (χ2n) is 5.46. The number of carbonyl (C=O) groups is 2. The Kier molecular flexibility index (Phi) is 4.73. The molecule has 3 unspecified atom stereocenters. The number of nitrogens with one attached hydrogen (secondary N) is 1. The number of hydrogen-bond donors (Lipinski definition) is 2. The van der Waals surface area contributed by atoms with E-state index in [0.717, 1.165) is 19.3 Å². The molecule has 0 aromatic carbocycles. The van der Waals surface area contributed by atoms with Crippen LogP contribution in [0.2, 0.25) is 0 Å². The maximum Gasteiger partial charge on any atom is 0.244 e. The molecule has 0 radical (unpaired) electrons. The van der Waals surface area contributed by atoms with E-state index in [0.29, 0.717) is 6.54 Å². The van der Waals surface area contributed by atoms with Crippen LogP contribution in [0, 0.1) is 5.41 Å². The summed E-state index contributed by atoms with van der Waals surface area (Å²) in [6, 6.07) is -0.601. The van der Waals surface area contributed by atoms with E-state index in [4.69, 9.17) is 5.73 Å². The summed E-state index contributed by atoms with van der Waals surface area (Å²) in [5, 5.41) is 2.80. The zero-order valence-corrected chi connectivity index (χ0v) is 11.8. The first-order valence-electron chi connectivity index (χ1n) is 6.64. The maximum atomic E-state index is 12.2. The fraction of sp³-hybridized carbons (Fsp3) is 0.846. The van der Waals surface area contributed by atoms with Crippen LogP contribution in [0.5, 0.6) is 0 Å². The van der Waals surface area contributed by atoms with Crippen molar-refractivity contribution in [1.82, 2.24) is 10.2 Å². The largest absolute Gasteiger partial charge is 0.344 e. The van der Waals surface area contributed by atoms with E-state index in [1.807, 2.05) is 13.8 Å². The topological polar surface area (TPSA) is 75.4 Å². The molecule has 0 saturated heterocycles. The van der Waals surface area contributed by atoms with Gasteiger partial charge in [-0.05, 0) is 33.6 Å². The van der Waals surface area contributed by atoms with E-state index in [1.54, 1.807) is 18.9 Å². The highest BCUT2D eigenvalue weighted by Crippen LogP contribution is 2.36. The van der Waals surface area contributed by atoms with Gasteiger partial charge in [0.05, 0.1) is 5.41 Å². The molecule has 3 N–H and O–H groups in total. The van der Waals surface area contributed by atoms with Gasteiger partial charge in [0.15, 0.2) is 0 Å². The van der Waals surface area contributed by atoms with Gasteiger partial charge in [0, 0.05) is 19.6 Å². The number of nitrogens with two attached hydrogens (primary N) is 1. The summed E-state index contributed by atoms with van der Waals surface area (Å²) < 4.78 is 0. The summed E-state index contributed by atoms with van der Waals surface area (Å²) in [6.45, 7) is 6.15. The van der Waals surface area contributed by atoms with Gasteiger partial charge in [-0.25, -0.2) is 0 Å². The predicted molar refractivity (Wildman–Crippen MR) is 70.8 cm³/mol. The zero-order valence-electron chi connectivity index (χ0n) is 11.8. The van der Waals surface area contributed by atoms with Gasteiger partial charge in [-0.15, -0.1) is 0 Å². The number of likely N-dealkylation sites (N-methyl/N-ethyl adjacent to an activating group) is 1. The maximum absolute atomic E-state index is 12.2. The van der Waals surface area contributed by atoms with Crippen LogP contribution in [0.1, 0.15) is 40.0 Å². The second kappa shape index (κ2) is 5.69. The molecule has 3 atom stereocenters. The Morgan fingerprint density at radius 1 is 1.56 bits per heavy atom. The zero-order chi connectivity index (χ0) is 13.9. The highest BCUT2D eigenvalue weighted by Gasteiger charge is 2.43. The van der Waals surface area contributed by atoms with Crippen LogP contribution in [0.25, 0.3) is 0 Å². The third kappa shape index (κ3) is 2.83. The van der Waals surface area contributed by atoms with E-state index in [9.17, 15) is 9.59 Å². The summed E-state index contributed by atoms with van der Waals surface area (Å²) in [7, 11) is 1.73. The highest BCUT2D eigenvalue weighted by molar-refractivity contribution is 5.90. The van der Waals surface area contributed by atoms with Crippen molar-refractivity contribution in [1.29, 1.82) is 0 Å². The van der Waals surface area contributed by atoms with Gasteiger partial charge in [-0.3, -0.25) is 9.59 Å². The minimum absolute atomic E-state index is 0.0685. The van der Waals surface area contributed by atoms with Crippen molar-refractivity contribution in [2.24, 2.45) is 11.1 Å². The van der Waals surface area contributed by atoms with Crippen molar-refractivity contribution < 1.29 is 9.59 Å². The van der Waals surface area contributed by atoms with Gasteiger partial charge in [-0.1, -0.05) is 6.42 Å². The summed E-state index contributed by atoms with van der Waals surface area (Å²) in [6.07, 6.45) is 2.65. The van der Waals surface area contributed by atoms with Crippen LogP contribution >= 0.6 is 0 Å². The molecule has 0 heterocycles. The molecule has 2 amide bonds. The Hall–Kier alpha value is -1.10. The first-order chi connectivity index (χ1) is 8.32. The Bertz CT molecular complexity index is 332. The first-order valence-corrected chi connectivity index (χ1v) is 6.64. The Balaban J connectivity index is 2.62. The van der Waals surface area contributed by atoms with Gasteiger partial charge >= 0.3 is 0 Å². The Morgan fingerprint density at radius 2 is 2.17 bits per heavy atom. The second-order valence-corrected chi connectivity index (χ2v) is 5.46. The molecule has 5 heteroatoms. The molecule has 1 saturated carbocycles. The van der Waals surface area contributed by atoms with E-state index >= 15 is 0 Å². The lowest BCUT2D eigenvalue weighted by atomic mass is 9.84. The SMILES string of the molecule is CCN(C)C(=O)C(C)NC(=O)C1(C)CCCC1N. The van der Waals surface area contributed by atoms with Crippen molar-refractivity contribution in [2.45, 2.75) is 52.1 Å². The monoisotopic (exact) mass is 255 g/mol. The van der Waals surface area contributed by atoms with Crippen LogP contribution in [0.4, 0.5) is 0 Å². The average Bonchev–Trinajstić information content (AvgIpc) is 2.68. The minimum Gasteiger partial charge on any atom is -0.344 e. The number of carbonyl (C=O) groups excluding carboxylic acids is 2. The number of nitrogens with zero attached hydrogens (tertiary/aromatic N) is 1. The van der Waals surface area contributed by atoms with Crippen LogP contribution in [0.3, 0.4) is 0 Å². The van der Waals surface area contributed by atoms with Crippen LogP contribution in [0.15, 0.2) is 0 Å². The van der Waals surface area contributed by atoms with E-state index in [2.05, 4.69) is 5.32 Å². The number of rotatable bonds is 4. The number of amides is 2. The summed E-state index contributed by atoms with van der Waals surface area (Å²) in [5.41, 5.74) is 5.47. The van der Waals surface area contributed by atoms with Crippen molar-refractivity contribution in [3.05, 3.63) is 0 Å². The molecule has 104 valence electrons. The molecule has 0 spiro atoms. The third-order valence-corrected chi connectivity index (χ3v) is 4.12.